The second-order valence-electron chi connectivity index (χ2n) is 7.74. The Kier molecular flexibility index (Phi) is 6.29. The molecule has 2 aliphatic rings. The summed E-state index contributed by atoms with van der Waals surface area (Å²) in [7, 11) is 0. The minimum Gasteiger partial charge on any atom is -0.352 e. The van der Waals surface area contributed by atoms with Crippen molar-refractivity contribution in [1.82, 2.24) is 20.2 Å². The molecule has 0 radical (unpaired) electrons. The van der Waals surface area contributed by atoms with E-state index >= 15 is 0 Å². The Bertz CT molecular complexity index is 731. The number of piperidine rings is 1. The van der Waals surface area contributed by atoms with Gasteiger partial charge in [0, 0.05) is 29.9 Å². The Balaban J connectivity index is 1.57. The van der Waals surface area contributed by atoms with E-state index in [0.29, 0.717) is 17.3 Å². The lowest BCUT2D eigenvalue weighted by Crippen LogP contribution is -2.51. The lowest BCUT2D eigenvalue weighted by molar-refractivity contribution is -0.121. The quantitative estimate of drug-likeness (QED) is 0.702. The maximum Gasteiger partial charge on any atom is 0.325 e. The van der Waals surface area contributed by atoms with Gasteiger partial charge in [-0.15, -0.1) is 0 Å². The van der Waals surface area contributed by atoms with Gasteiger partial charge >= 0.3 is 5.69 Å². The molecule has 1 amide bonds. The summed E-state index contributed by atoms with van der Waals surface area (Å²) < 4.78 is 0. The van der Waals surface area contributed by atoms with Crippen molar-refractivity contribution in [2.45, 2.75) is 76.8 Å². The molecule has 0 unspecified atom stereocenters. The molecule has 1 aromatic heterocycles. The second-order valence-corrected chi connectivity index (χ2v) is 7.74. The lowest BCUT2D eigenvalue weighted by atomic mass is 9.99. The standard InChI is InChI=1S/C19H30N4O3/c1-13-16(18(25)22-19(26)20-13)11-17(24)21-14-7-6-10-23(12-14)15-8-4-2-3-5-9-15/h14-15H,2-12H2,1H3,(H,21,24)(H2,20,22,25,26)/t14-/m0/s1. The van der Waals surface area contributed by atoms with Gasteiger partial charge in [0.25, 0.3) is 5.56 Å². The number of nitrogens with one attached hydrogen (secondary N) is 3. The number of likely N-dealkylation sites (tertiary alicyclic amines) is 1. The number of aryl methyl sites for hydroxylation is 1. The predicted molar refractivity (Wildman–Crippen MR) is 100 cm³/mol. The number of hydrogen-bond donors (Lipinski definition) is 3. The largest absolute Gasteiger partial charge is 0.352 e. The molecule has 144 valence electrons. The maximum atomic E-state index is 12.4. The third-order valence-corrected chi connectivity index (χ3v) is 5.75. The third-order valence-electron chi connectivity index (χ3n) is 5.75. The minimum atomic E-state index is -0.539. The van der Waals surface area contributed by atoms with Gasteiger partial charge < -0.3 is 10.3 Å². The van der Waals surface area contributed by atoms with Crippen LogP contribution < -0.4 is 16.6 Å². The molecule has 1 aliphatic carbocycles. The van der Waals surface area contributed by atoms with Gasteiger partial charge in [-0.1, -0.05) is 25.7 Å². The second kappa shape index (κ2) is 8.66. The van der Waals surface area contributed by atoms with E-state index in [9.17, 15) is 14.4 Å². The van der Waals surface area contributed by atoms with Gasteiger partial charge in [0.1, 0.15) is 0 Å². The topological polar surface area (TPSA) is 98.1 Å². The van der Waals surface area contributed by atoms with Crippen LogP contribution in [0.15, 0.2) is 9.59 Å². The average Bonchev–Trinajstić information content (AvgIpc) is 2.88. The van der Waals surface area contributed by atoms with E-state index in [2.05, 4.69) is 20.2 Å². The molecule has 3 N–H and O–H groups in total. The van der Waals surface area contributed by atoms with Gasteiger partial charge in [-0.05, 0) is 39.2 Å². The number of aromatic amines is 2. The first-order chi connectivity index (χ1) is 12.5. The number of carbonyl (C=O) groups is 1. The summed E-state index contributed by atoms with van der Waals surface area (Å²) in [5.41, 5.74) is -0.232. The molecule has 0 bridgehead atoms. The highest BCUT2D eigenvalue weighted by atomic mass is 16.2. The lowest BCUT2D eigenvalue weighted by Gasteiger charge is -2.38. The van der Waals surface area contributed by atoms with Crippen LogP contribution in [0.2, 0.25) is 0 Å². The predicted octanol–water partition coefficient (Wildman–Crippen LogP) is 1.22. The number of carbonyl (C=O) groups excluding carboxylic acids is 1. The molecule has 7 heteroatoms. The highest BCUT2D eigenvalue weighted by molar-refractivity contribution is 5.79. The van der Waals surface area contributed by atoms with Crippen molar-refractivity contribution in [2.75, 3.05) is 13.1 Å². The Morgan fingerprint density at radius 1 is 1.08 bits per heavy atom. The summed E-state index contributed by atoms with van der Waals surface area (Å²) in [5, 5.41) is 3.10. The number of amides is 1. The number of rotatable bonds is 4. The van der Waals surface area contributed by atoms with Crippen LogP contribution in [0.25, 0.3) is 0 Å². The number of aromatic nitrogens is 2. The van der Waals surface area contributed by atoms with Crippen LogP contribution in [0.1, 0.15) is 62.6 Å². The number of hydrogen-bond acceptors (Lipinski definition) is 4. The van der Waals surface area contributed by atoms with Crippen LogP contribution in [-0.2, 0) is 11.2 Å². The van der Waals surface area contributed by atoms with E-state index in [1.54, 1.807) is 6.92 Å². The zero-order valence-corrected chi connectivity index (χ0v) is 15.6. The maximum absolute atomic E-state index is 12.4. The zero-order valence-electron chi connectivity index (χ0n) is 15.6. The number of H-pyrrole nitrogens is 2. The minimum absolute atomic E-state index is 0.00211. The van der Waals surface area contributed by atoms with E-state index in [1.807, 2.05) is 0 Å². The molecular formula is C19H30N4O3. The SMILES string of the molecule is Cc1[nH]c(=O)[nH]c(=O)c1CC(=O)N[C@H]1CCCN(C2CCCCCC2)C1. The Labute approximate surface area is 153 Å². The van der Waals surface area contributed by atoms with E-state index in [0.717, 1.165) is 25.9 Å². The van der Waals surface area contributed by atoms with Crippen molar-refractivity contribution in [1.29, 1.82) is 0 Å². The first-order valence-electron chi connectivity index (χ1n) is 9.88. The fourth-order valence-corrected chi connectivity index (χ4v) is 4.36. The van der Waals surface area contributed by atoms with Crippen LogP contribution in [-0.4, -0.2) is 45.9 Å². The van der Waals surface area contributed by atoms with E-state index in [-0.39, 0.29) is 18.4 Å². The van der Waals surface area contributed by atoms with Crippen molar-refractivity contribution < 1.29 is 4.79 Å². The Hall–Kier alpha value is -1.89. The molecule has 7 nitrogen and oxygen atoms in total. The van der Waals surface area contributed by atoms with Crippen LogP contribution in [0.5, 0.6) is 0 Å². The normalized spacial score (nSPS) is 22.7. The van der Waals surface area contributed by atoms with Crippen molar-refractivity contribution in [3.05, 3.63) is 32.1 Å². The van der Waals surface area contributed by atoms with Gasteiger partial charge in [-0.2, -0.15) is 0 Å². The summed E-state index contributed by atoms with van der Waals surface area (Å²) in [4.78, 5) is 42.9. The fraction of sp³-hybridized carbons (Fsp3) is 0.737. The van der Waals surface area contributed by atoms with Crippen molar-refractivity contribution in [3.8, 4) is 0 Å². The molecule has 1 aromatic rings. The smallest absolute Gasteiger partial charge is 0.325 e. The van der Waals surface area contributed by atoms with Crippen LogP contribution >= 0.6 is 0 Å². The molecule has 2 fully saturated rings. The molecule has 0 aromatic carbocycles. The van der Waals surface area contributed by atoms with Gasteiger partial charge in [-0.3, -0.25) is 19.5 Å². The first-order valence-corrected chi connectivity index (χ1v) is 9.88. The third kappa shape index (κ3) is 4.84. The van der Waals surface area contributed by atoms with Crippen LogP contribution in [0, 0.1) is 6.92 Å². The molecular weight excluding hydrogens is 332 g/mol. The van der Waals surface area contributed by atoms with Crippen LogP contribution in [0.4, 0.5) is 0 Å². The van der Waals surface area contributed by atoms with E-state index in [1.165, 1.54) is 38.5 Å². The van der Waals surface area contributed by atoms with Crippen LogP contribution in [0.3, 0.4) is 0 Å². The van der Waals surface area contributed by atoms with Gasteiger partial charge in [0.15, 0.2) is 0 Å². The first kappa shape index (κ1) is 18.9. The molecule has 0 spiro atoms. The molecule has 2 heterocycles. The highest BCUT2D eigenvalue weighted by Crippen LogP contribution is 2.24. The van der Waals surface area contributed by atoms with E-state index in [4.69, 9.17) is 0 Å². The highest BCUT2D eigenvalue weighted by Gasteiger charge is 2.27. The molecule has 1 atom stereocenters. The summed E-state index contributed by atoms with van der Waals surface area (Å²) in [6, 6.07) is 0.795. The Morgan fingerprint density at radius 3 is 2.50 bits per heavy atom. The monoisotopic (exact) mass is 362 g/mol. The molecule has 3 rings (SSSR count). The van der Waals surface area contributed by atoms with Gasteiger partial charge in [0.2, 0.25) is 5.91 Å². The van der Waals surface area contributed by atoms with E-state index < -0.39 is 11.2 Å². The summed E-state index contributed by atoms with van der Waals surface area (Å²) in [5.74, 6) is -0.154. The van der Waals surface area contributed by atoms with Crippen molar-refractivity contribution >= 4 is 5.91 Å². The Morgan fingerprint density at radius 2 is 1.81 bits per heavy atom. The van der Waals surface area contributed by atoms with Crippen molar-refractivity contribution in [2.24, 2.45) is 0 Å². The molecule has 1 saturated carbocycles. The van der Waals surface area contributed by atoms with Crippen molar-refractivity contribution in [3.63, 3.8) is 0 Å². The molecule has 26 heavy (non-hydrogen) atoms. The molecule has 1 saturated heterocycles. The summed E-state index contributed by atoms with van der Waals surface area (Å²) in [6.45, 7) is 3.67. The number of nitrogens with zero attached hydrogens (tertiary/aromatic N) is 1. The van der Waals surface area contributed by atoms with Gasteiger partial charge in [0.05, 0.1) is 6.42 Å². The van der Waals surface area contributed by atoms with Gasteiger partial charge in [-0.25, -0.2) is 4.79 Å². The average molecular weight is 362 g/mol. The summed E-state index contributed by atoms with van der Waals surface area (Å²) in [6.07, 6.45) is 9.93. The fourth-order valence-electron chi connectivity index (χ4n) is 4.36. The zero-order chi connectivity index (χ0) is 18.5. The molecule has 1 aliphatic heterocycles. The summed E-state index contributed by atoms with van der Waals surface area (Å²) >= 11 is 0.